The molecule has 0 amide bonds. The van der Waals surface area contributed by atoms with Gasteiger partial charge in [-0.3, -0.25) is 9.69 Å². The summed E-state index contributed by atoms with van der Waals surface area (Å²) in [5, 5.41) is 13.7. The molecule has 0 unspecified atom stereocenters. The van der Waals surface area contributed by atoms with Crippen LogP contribution in [0.25, 0.3) is 10.9 Å². The molecule has 3 aromatic carbocycles. The molecule has 0 fully saturated rings. The minimum Gasteiger partial charge on any atom is -0.321 e. The third-order valence-corrected chi connectivity index (χ3v) is 7.24. The van der Waals surface area contributed by atoms with Crippen LogP contribution in [0, 0.1) is 19.7 Å². The number of rotatable bonds is 10. The van der Waals surface area contributed by atoms with Gasteiger partial charge in [-0.25, -0.2) is 9.07 Å². The van der Waals surface area contributed by atoms with Gasteiger partial charge in [0, 0.05) is 18.7 Å². The highest BCUT2D eigenvalue weighted by Gasteiger charge is 2.26. The number of nitrogens with one attached hydrogen (secondary N) is 1. The third-order valence-electron chi connectivity index (χ3n) is 7.24. The smallest absolute Gasteiger partial charge is 0.252 e. The van der Waals surface area contributed by atoms with E-state index >= 15 is 0 Å². The Hall–Kier alpha value is -4.17. The predicted octanol–water partition coefficient (Wildman–Crippen LogP) is 5.51. The fourth-order valence-corrected chi connectivity index (χ4v) is 5.18. The van der Waals surface area contributed by atoms with Crippen LogP contribution in [0.5, 0.6) is 0 Å². The highest BCUT2D eigenvalue weighted by atomic mass is 19.1. The summed E-state index contributed by atoms with van der Waals surface area (Å²) in [7, 11) is 0. The first-order valence-corrected chi connectivity index (χ1v) is 13.3. The molecular formula is C31H33FN6O. The summed E-state index contributed by atoms with van der Waals surface area (Å²) in [4.78, 5) is 18.6. The van der Waals surface area contributed by atoms with Crippen molar-refractivity contribution < 1.29 is 4.39 Å². The van der Waals surface area contributed by atoms with E-state index in [1.54, 1.807) is 16.8 Å². The second-order valence-electron chi connectivity index (χ2n) is 10.1. The maximum absolute atomic E-state index is 13.5. The quantitative estimate of drug-likeness (QED) is 0.260. The molecule has 8 heteroatoms. The Morgan fingerprint density at radius 1 is 1.00 bits per heavy atom. The van der Waals surface area contributed by atoms with E-state index in [4.69, 9.17) is 0 Å². The van der Waals surface area contributed by atoms with E-state index in [0.717, 1.165) is 47.2 Å². The number of fused-ring (bicyclic) bond motifs is 1. The van der Waals surface area contributed by atoms with Gasteiger partial charge in [0.25, 0.3) is 5.56 Å². The van der Waals surface area contributed by atoms with Crippen molar-refractivity contribution in [2.24, 2.45) is 0 Å². The van der Waals surface area contributed by atoms with Gasteiger partial charge < -0.3 is 4.98 Å². The first-order valence-electron chi connectivity index (χ1n) is 13.3. The molecule has 2 heterocycles. The summed E-state index contributed by atoms with van der Waals surface area (Å²) in [6, 6.07) is 22.8. The largest absolute Gasteiger partial charge is 0.321 e. The zero-order valence-electron chi connectivity index (χ0n) is 22.6. The fraction of sp³-hybridized carbons (Fsp3) is 0.290. The van der Waals surface area contributed by atoms with Crippen molar-refractivity contribution >= 4 is 10.9 Å². The Kier molecular flexibility index (Phi) is 7.93. The molecule has 7 nitrogen and oxygen atoms in total. The first kappa shape index (κ1) is 26.4. The van der Waals surface area contributed by atoms with E-state index in [9.17, 15) is 9.18 Å². The highest BCUT2D eigenvalue weighted by Crippen LogP contribution is 2.26. The number of H-pyrrole nitrogens is 1. The number of pyridine rings is 1. The fourth-order valence-electron chi connectivity index (χ4n) is 5.18. The van der Waals surface area contributed by atoms with Crippen molar-refractivity contribution in [1.29, 1.82) is 0 Å². The lowest BCUT2D eigenvalue weighted by atomic mass is 10.0. The SMILES string of the molecule is CC[C@H](c1nnnn1Cc1ccc(F)cc1)N(CCc1cccc(C)c1)Cc1cc2cccc(C)c2[nH]c1=O. The highest BCUT2D eigenvalue weighted by molar-refractivity contribution is 5.81. The third kappa shape index (κ3) is 6.12. The van der Waals surface area contributed by atoms with Crippen LogP contribution in [0.2, 0.25) is 0 Å². The van der Waals surface area contributed by atoms with Crippen LogP contribution in [0.3, 0.4) is 0 Å². The predicted molar refractivity (Wildman–Crippen MR) is 151 cm³/mol. The molecule has 0 aliphatic heterocycles. The maximum Gasteiger partial charge on any atom is 0.252 e. The lowest BCUT2D eigenvalue weighted by Crippen LogP contribution is -2.34. The monoisotopic (exact) mass is 524 g/mol. The number of para-hydroxylation sites is 1. The van der Waals surface area contributed by atoms with Crippen LogP contribution in [0.15, 0.2) is 77.6 Å². The molecule has 200 valence electrons. The Morgan fingerprint density at radius 2 is 1.79 bits per heavy atom. The number of benzene rings is 3. The molecule has 0 radical (unpaired) electrons. The van der Waals surface area contributed by atoms with Crippen LogP contribution in [-0.2, 0) is 19.5 Å². The standard InChI is InChI=1S/C31H33FN6O/c1-4-28(30-34-35-36-38(30)19-24-11-13-27(32)14-12-24)37(16-15-23-9-5-7-21(2)17-23)20-26-18-25-10-6-8-22(3)29(25)33-31(26)39/h5-14,17-18,28H,4,15-16,19-20H2,1-3H3,(H,33,39)/t28-/m1/s1. The number of hydrogen-bond acceptors (Lipinski definition) is 5. The van der Waals surface area contributed by atoms with Crippen molar-refractivity contribution in [1.82, 2.24) is 30.1 Å². The zero-order valence-corrected chi connectivity index (χ0v) is 22.6. The minimum absolute atomic E-state index is 0.0851. The average Bonchev–Trinajstić information content (AvgIpc) is 3.37. The molecule has 0 saturated heterocycles. The van der Waals surface area contributed by atoms with Crippen LogP contribution < -0.4 is 5.56 Å². The number of halogens is 1. The van der Waals surface area contributed by atoms with Crippen molar-refractivity contribution in [2.75, 3.05) is 6.54 Å². The summed E-state index contributed by atoms with van der Waals surface area (Å²) in [6.45, 7) is 7.80. The Morgan fingerprint density at radius 3 is 2.56 bits per heavy atom. The van der Waals surface area contributed by atoms with E-state index < -0.39 is 0 Å². The maximum atomic E-state index is 13.5. The molecule has 1 atom stereocenters. The summed E-state index contributed by atoms with van der Waals surface area (Å²) in [6.07, 6.45) is 1.57. The Balaban J connectivity index is 1.48. The van der Waals surface area contributed by atoms with Gasteiger partial charge in [-0.1, -0.05) is 67.1 Å². The molecule has 2 aromatic heterocycles. The van der Waals surface area contributed by atoms with E-state index in [0.29, 0.717) is 18.7 Å². The molecule has 0 spiro atoms. The molecule has 5 aromatic rings. The van der Waals surface area contributed by atoms with Gasteiger partial charge >= 0.3 is 0 Å². The first-order chi connectivity index (χ1) is 18.9. The second kappa shape index (κ2) is 11.7. The number of hydrogen-bond donors (Lipinski definition) is 1. The van der Waals surface area contributed by atoms with Crippen molar-refractivity contribution in [3.63, 3.8) is 0 Å². The lowest BCUT2D eigenvalue weighted by molar-refractivity contribution is 0.172. The minimum atomic E-state index is -0.278. The van der Waals surface area contributed by atoms with Gasteiger partial charge in [-0.2, -0.15) is 0 Å². The molecule has 0 aliphatic rings. The molecule has 0 bridgehead atoms. The summed E-state index contributed by atoms with van der Waals surface area (Å²) in [5.41, 5.74) is 5.89. The van der Waals surface area contributed by atoms with E-state index in [1.807, 2.05) is 31.2 Å². The zero-order chi connectivity index (χ0) is 27.4. The van der Waals surface area contributed by atoms with Crippen molar-refractivity contribution in [2.45, 2.75) is 52.7 Å². The van der Waals surface area contributed by atoms with Gasteiger partial charge in [0.2, 0.25) is 0 Å². The van der Waals surface area contributed by atoms with Gasteiger partial charge in [0.15, 0.2) is 5.82 Å². The van der Waals surface area contributed by atoms with Gasteiger partial charge in [0.1, 0.15) is 5.82 Å². The molecule has 5 rings (SSSR count). The van der Waals surface area contributed by atoms with Gasteiger partial charge in [0.05, 0.1) is 18.1 Å². The number of tetrazole rings is 1. The van der Waals surface area contributed by atoms with Crippen LogP contribution in [0.4, 0.5) is 4.39 Å². The van der Waals surface area contributed by atoms with Crippen molar-refractivity contribution in [3.8, 4) is 0 Å². The normalized spacial score (nSPS) is 12.3. The number of aromatic amines is 1. The molecule has 39 heavy (non-hydrogen) atoms. The van der Waals surface area contributed by atoms with Crippen LogP contribution in [-0.4, -0.2) is 36.6 Å². The number of aryl methyl sites for hydroxylation is 2. The van der Waals surface area contributed by atoms with Gasteiger partial charge in [-0.05, 0) is 77.4 Å². The van der Waals surface area contributed by atoms with E-state index in [-0.39, 0.29) is 17.4 Å². The lowest BCUT2D eigenvalue weighted by Gasteiger charge is -2.30. The summed E-state index contributed by atoms with van der Waals surface area (Å²) < 4.78 is 15.2. The molecule has 1 N–H and O–H groups in total. The Bertz CT molecular complexity index is 1620. The average molecular weight is 525 g/mol. The van der Waals surface area contributed by atoms with Crippen molar-refractivity contribution in [3.05, 3.63) is 123 Å². The topological polar surface area (TPSA) is 79.7 Å². The van der Waals surface area contributed by atoms with Crippen LogP contribution >= 0.6 is 0 Å². The summed E-state index contributed by atoms with van der Waals surface area (Å²) >= 11 is 0. The Labute approximate surface area is 227 Å². The number of nitrogens with zero attached hydrogens (tertiary/aromatic N) is 5. The molecule has 0 saturated carbocycles. The summed E-state index contributed by atoms with van der Waals surface area (Å²) in [5.74, 6) is 0.444. The molecule has 0 aliphatic carbocycles. The van der Waals surface area contributed by atoms with E-state index in [1.165, 1.54) is 23.3 Å². The number of aromatic nitrogens is 5. The second-order valence-corrected chi connectivity index (χ2v) is 10.1. The van der Waals surface area contributed by atoms with Gasteiger partial charge in [-0.15, -0.1) is 5.10 Å². The van der Waals surface area contributed by atoms with Crippen LogP contribution in [0.1, 0.15) is 53.0 Å². The molecular weight excluding hydrogens is 491 g/mol. The van der Waals surface area contributed by atoms with E-state index in [2.05, 4.69) is 63.5 Å².